The summed E-state index contributed by atoms with van der Waals surface area (Å²) >= 11 is -3.03. The van der Waals surface area contributed by atoms with Gasteiger partial charge in [-0.2, -0.15) is 0 Å². The molecule has 0 aliphatic heterocycles. The van der Waals surface area contributed by atoms with Gasteiger partial charge in [-0.3, -0.25) is 0 Å². The first-order chi connectivity index (χ1) is 4.06. The van der Waals surface area contributed by atoms with Crippen molar-refractivity contribution in [3.8, 4) is 0 Å². The maximum atomic E-state index is 8.36. The molecular weight excluding hydrogens is 292 g/mol. The van der Waals surface area contributed by atoms with Crippen LogP contribution in [0.4, 0.5) is 0 Å². The number of aliphatic hydroxyl groups excluding tert-OH is 1. The Labute approximate surface area is 70.3 Å². The topological polar surface area (TPSA) is 20.2 Å². The summed E-state index contributed by atoms with van der Waals surface area (Å²) in [4.78, 5) is 0. The fourth-order valence-electron chi connectivity index (χ4n) is 0.437. The molecule has 0 bridgehead atoms. The van der Waals surface area contributed by atoms with Crippen molar-refractivity contribution in [1.29, 1.82) is 0 Å². The van der Waals surface area contributed by atoms with Crippen molar-refractivity contribution in [3.63, 3.8) is 0 Å². The van der Waals surface area contributed by atoms with Gasteiger partial charge >= 0.3 is 70.8 Å². The fraction of sp³-hybridized carbons (Fsp3) is 1.00. The molecule has 1 N–H and O–H groups in total. The second-order valence-electron chi connectivity index (χ2n) is 1.80. The number of rotatable bonds is 4. The summed E-state index contributed by atoms with van der Waals surface area (Å²) in [6.45, 7) is 0.201. The Morgan fingerprint density at radius 3 is 2.00 bits per heavy atom. The van der Waals surface area contributed by atoms with Crippen molar-refractivity contribution in [3.05, 3.63) is 0 Å². The molecule has 0 aromatic heterocycles. The first-order valence-electron chi connectivity index (χ1n) is 2.74. The van der Waals surface area contributed by atoms with E-state index in [4.69, 9.17) is 31.6 Å². The maximum absolute atomic E-state index is 8.36. The Kier molecular flexibility index (Phi) is 6.29. The van der Waals surface area contributed by atoms with Crippen molar-refractivity contribution in [1.82, 2.24) is 0 Å². The Morgan fingerprint density at radius 1 is 1.11 bits per heavy atom. The van der Waals surface area contributed by atoms with Gasteiger partial charge in [0.25, 0.3) is 0 Å². The van der Waals surface area contributed by atoms with Crippen molar-refractivity contribution in [2.24, 2.45) is 0 Å². The van der Waals surface area contributed by atoms with Crippen LogP contribution in [0.5, 0.6) is 0 Å². The van der Waals surface area contributed by atoms with Crippen LogP contribution in [0.3, 0.4) is 0 Å². The zero-order valence-corrected chi connectivity index (χ0v) is 10.0. The molecule has 0 rings (SSSR count). The number of halogens is 3. The predicted molar refractivity (Wildman–Crippen MR) is 45.8 cm³/mol. The van der Waals surface area contributed by atoms with Crippen LogP contribution in [0.25, 0.3) is 0 Å². The number of hydrogen-bond acceptors (Lipinski definition) is 1. The molecule has 0 aliphatic rings. The summed E-state index contributed by atoms with van der Waals surface area (Å²) in [7, 11) is 16.9. The molecule has 0 saturated carbocycles. The molecule has 5 heteroatoms. The number of unbranched alkanes of at least 4 members (excludes halogenated alkanes) is 1. The SMILES string of the molecule is OCCC[CH2][SbH]([Cl])([Cl])[Cl]. The third-order valence-corrected chi connectivity index (χ3v) is 7.30. The van der Waals surface area contributed by atoms with Gasteiger partial charge in [0.05, 0.1) is 0 Å². The molecule has 0 unspecified atom stereocenters. The van der Waals surface area contributed by atoms with E-state index in [0.29, 0.717) is 0 Å². The van der Waals surface area contributed by atoms with Crippen LogP contribution < -0.4 is 0 Å². The minimum atomic E-state index is -3.03. The Bertz CT molecular complexity index is 72.7. The molecule has 0 radical (unpaired) electrons. The standard InChI is InChI=1S/C4H9O.3ClH.Sb.H/c1-2-3-4-5;;;;;/h5H,1-4H2;3*1H;;/q;;;;+3;/p-3. The monoisotopic (exact) mass is 300 g/mol. The van der Waals surface area contributed by atoms with Gasteiger partial charge in [0, 0.05) is 0 Å². The summed E-state index contributed by atoms with van der Waals surface area (Å²) in [6.07, 6.45) is 1.61. The van der Waals surface area contributed by atoms with Crippen LogP contribution in [0.15, 0.2) is 0 Å². The average Bonchev–Trinajstić information content (AvgIpc) is 1.63. The molecule has 1 nitrogen and oxygen atoms in total. The average molecular weight is 302 g/mol. The van der Waals surface area contributed by atoms with Gasteiger partial charge in [0.1, 0.15) is 0 Å². The van der Waals surface area contributed by atoms with Crippen molar-refractivity contribution in [2.45, 2.75) is 17.2 Å². The van der Waals surface area contributed by atoms with Crippen LogP contribution in [-0.4, -0.2) is 27.1 Å². The van der Waals surface area contributed by atoms with Gasteiger partial charge in [-0.15, -0.1) is 0 Å². The Morgan fingerprint density at radius 2 is 1.67 bits per heavy atom. The van der Waals surface area contributed by atoms with E-state index in [2.05, 4.69) is 0 Å². The molecule has 0 atom stereocenters. The first kappa shape index (κ1) is 10.6. The van der Waals surface area contributed by atoms with E-state index in [1.165, 1.54) is 0 Å². The van der Waals surface area contributed by atoms with E-state index in [0.717, 1.165) is 17.2 Å². The zero-order valence-electron chi connectivity index (χ0n) is 4.91. The van der Waals surface area contributed by atoms with Crippen LogP contribution >= 0.6 is 26.5 Å². The number of hydrogen-bond donors (Lipinski definition) is 1. The molecule has 0 aromatic carbocycles. The molecule has 0 aromatic rings. The van der Waals surface area contributed by atoms with Gasteiger partial charge in [-0.05, 0) is 0 Å². The van der Waals surface area contributed by atoms with E-state index in [1.807, 2.05) is 0 Å². The summed E-state index contributed by atoms with van der Waals surface area (Å²) in [5.74, 6) is 0. The van der Waals surface area contributed by atoms with Gasteiger partial charge < -0.3 is 0 Å². The molecule has 9 heavy (non-hydrogen) atoms. The van der Waals surface area contributed by atoms with E-state index < -0.39 is 15.4 Å². The Balaban J connectivity index is 3.07. The van der Waals surface area contributed by atoms with Crippen molar-refractivity contribution in [2.75, 3.05) is 6.61 Å². The number of aliphatic hydroxyl groups is 1. The third kappa shape index (κ3) is 9.65. The molecule has 0 amide bonds. The van der Waals surface area contributed by atoms with Crippen LogP contribution in [-0.2, 0) is 0 Å². The van der Waals surface area contributed by atoms with E-state index in [1.54, 1.807) is 0 Å². The summed E-state index contributed by atoms with van der Waals surface area (Å²) < 4.78 is 0.722. The van der Waals surface area contributed by atoms with Crippen LogP contribution in [0.2, 0.25) is 4.37 Å². The van der Waals surface area contributed by atoms with Gasteiger partial charge in [0.15, 0.2) is 0 Å². The molecule has 0 saturated heterocycles. The van der Waals surface area contributed by atoms with Crippen LogP contribution in [0, 0.1) is 0 Å². The zero-order chi connectivity index (χ0) is 7.33. The summed E-state index contributed by atoms with van der Waals surface area (Å²) in [6, 6.07) is 0. The second kappa shape index (κ2) is 5.32. The Hall–Kier alpha value is 1.65. The fourth-order valence-corrected chi connectivity index (χ4v) is 4.98. The van der Waals surface area contributed by atoms with E-state index in [9.17, 15) is 0 Å². The summed E-state index contributed by atoms with van der Waals surface area (Å²) in [5, 5.41) is 8.36. The molecule has 0 fully saturated rings. The summed E-state index contributed by atoms with van der Waals surface area (Å²) in [5.41, 5.74) is 0. The van der Waals surface area contributed by atoms with Crippen molar-refractivity contribution >= 4 is 41.9 Å². The first-order valence-corrected chi connectivity index (χ1v) is 15.6. The molecule has 0 aliphatic carbocycles. The van der Waals surface area contributed by atoms with Crippen LogP contribution in [0.1, 0.15) is 12.8 Å². The minimum absolute atomic E-state index is 0.201. The molecular formula is C4H10Cl3OSb. The predicted octanol–water partition coefficient (Wildman–Crippen LogP) is 2.15. The quantitative estimate of drug-likeness (QED) is 0.623. The van der Waals surface area contributed by atoms with E-state index >= 15 is 0 Å². The van der Waals surface area contributed by atoms with E-state index in [-0.39, 0.29) is 6.61 Å². The van der Waals surface area contributed by atoms with Gasteiger partial charge in [-0.25, -0.2) is 0 Å². The van der Waals surface area contributed by atoms with Gasteiger partial charge in [0.2, 0.25) is 0 Å². The van der Waals surface area contributed by atoms with Crippen molar-refractivity contribution < 1.29 is 5.11 Å². The molecule has 58 valence electrons. The van der Waals surface area contributed by atoms with Gasteiger partial charge in [-0.1, -0.05) is 0 Å². The normalized spacial score (nSPS) is 13.8. The molecule has 0 spiro atoms. The second-order valence-corrected chi connectivity index (χ2v) is 23.6. The third-order valence-electron chi connectivity index (χ3n) is 0.868. The molecule has 0 heterocycles.